The number of hydrogen-bond donors (Lipinski definition) is 1. The lowest BCUT2D eigenvalue weighted by molar-refractivity contribution is -0.118. The van der Waals surface area contributed by atoms with Crippen molar-refractivity contribution >= 4 is 27.3 Å². The topological polar surface area (TPSA) is 79.4 Å². The molecular formula is C26H33N3O3S2. The van der Waals surface area contributed by atoms with Crippen LogP contribution < -0.4 is 4.72 Å². The SMILES string of the molecule is CC(C)c1cc(-c2cncs2)cc(C(C)C)c1CC(=O)NS(=O)(=O)c1ccc(CN(C)C)cc1. The normalized spacial score (nSPS) is 12.0. The summed E-state index contributed by atoms with van der Waals surface area (Å²) in [4.78, 5) is 20.3. The predicted octanol–water partition coefficient (Wildman–Crippen LogP) is 5.17. The average molecular weight is 500 g/mol. The maximum atomic E-state index is 13.0. The summed E-state index contributed by atoms with van der Waals surface area (Å²) in [5.74, 6) is -0.185. The van der Waals surface area contributed by atoms with Crippen molar-refractivity contribution in [3.8, 4) is 10.4 Å². The zero-order chi connectivity index (χ0) is 25.0. The molecule has 6 nitrogen and oxygen atoms in total. The Morgan fingerprint density at radius 2 is 1.62 bits per heavy atom. The lowest BCUT2D eigenvalue weighted by atomic mass is 9.85. The molecule has 0 unspecified atom stereocenters. The van der Waals surface area contributed by atoms with Crippen LogP contribution >= 0.6 is 11.3 Å². The summed E-state index contributed by atoms with van der Waals surface area (Å²) >= 11 is 1.57. The van der Waals surface area contributed by atoms with Gasteiger partial charge in [0.15, 0.2) is 0 Å². The third kappa shape index (κ3) is 6.31. The number of nitrogens with zero attached hydrogens (tertiary/aromatic N) is 2. The molecule has 0 spiro atoms. The molecule has 1 N–H and O–H groups in total. The zero-order valence-corrected chi connectivity index (χ0v) is 22.3. The van der Waals surface area contributed by atoms with E-state index < -0.39 is 15.9 Å². The Hall–Kier alpha value is -2.55. The second-order valence-corrected chi connectivity index (χ2v) is 12.0. The smallest absolute Gasteiger partial charge is 0.264 e. The predicted molar refractivity (Wildman–Crippen MR) is 139 cm³/mol. The van der Waals surface area contributed by atoms with Gasteiger partial charge < -0.3 is 4.90 Å². The highest BCUT2D eigenvalue weighted by Gasteiger charge is 2.23. The number of amides is 1. The summed E-state index contributed by atoms with van der Waals surface area (Å²) in [6, 6.07) is 10.8. The fourth-order valence-electron chi connectivity index (χ4n) is 4.00. The van der Waals surface area contributed by atoms with Crippen molar-refractivity contribution in [1.82, 2.24) is 14.6 Å². The van der Waals surface area contributed by atoms with Crippen molar-refractivity contribution in [2.75, 3.05) is 14.1 Å². The van der Waals surface area contributed by atoms with Crippen LogP contribution in [-0.2, 0) is 27.8 Å². The fourth-order valence-corrected chi connectivity index (χ4v) is 5.59. The molecular weight excluding hydrogens is 466 g/mol. The summed E-state index contributed by atoms with van der Waals surface area (Å²) in [7, 11) is -0.0545. The Balaban J connectivity index is 1.88. The molecule has 3 rings (SSSR count). The van der Waals surface area contributed by atoms with Crippen LogP contribution in [-0.4, -0.2) is 38.3 Å². The molecule has 0 bridgehead atoms. The van der Waals surface area contributed by atoms with E-state index in [0.29, 0.717) is 6.54 Å². The van der Waals surface area contributed by atoms with Gasteiger partial charge in [-0.2, -0.15) is 0 Å². The number of rotatable bonds is 9. The van der Waals surface area contributed by atoms with Crippen molar-refractivity contribution in [2.24, 2.45) is 0 Å². The molecule has 3 aromatic rings. The van der Waals surface area contributed by atoms with Gasteiger partial charge in [0.25, 0.3) is 10.0 Å². The van der Waals surface area contributed by atoms with Gasteiger partial charge in [-0.15, -0.1) is 11.3 Å². The van der Waals surface area contributed by atoms with Gasteiger partial charge in [0.05, 0.1) is 21.7 Å². The van der Waals surface area contributed by atoms with Gasteiger partial charge in [0, 0.05) is 12.7 Å². The van der Waals surface area contributed by atoms with Crippen LogP contribution in [0.1, 0.15) is 61.8 Å². The maximum absolute atomic E-state index is 13.0. The molecule has 0 aliphatic heterocycles. The number of benzene rings is 2. The van der Waals surface area contributed by atoms with Crippen LogP contribution in [0.4, 0.5) is 0 Å². The van der Waals surface area contributed by atoms with Crippen LogP contribution in [0.3, 0.4) is 0 Å². The average Bonchev–Trinajstić information content (AvgIpc) is 3.28. The molecule has 1 amide bonds. The summed E-state index contributed by atoms with van der Waals surface area (Å²) in [6.45, 7) is 9.06. The Labute approximate surface area is 207 Å². The lowest BCUT2D eigenvalue weighted by Gasteiger charge is -2.21. The van der Waals surface area contributed by atoms with E-state index in [0.717, 1.165) is 32.7 Å². The minimum Gasteiger partial charge on any atom is -0.305 e. The molecule has 1 heterocycles. The molecule has 0 saturated heterocycles. The Morgan fingerprint density at radius 1 is 1.03 bits per heavy atom. The Bertz CT molecular complexity index is 1200. The van der Waals surface area contributed by atoms with Crippen LogP contribution in [0.15, 0.2) is 53.0 Å². The van der Waals surface area contributed by atoms with Gasteiger partial charge in [0.1, 0.15) is 0 Å². The van der Waals surface area contributed by atoms with E-state index in [1.807, 2.05) is 25.2 Å². The molecule has 0 atom stereocenters. The van der Waals surface area contributed by atoms with E-state index in [1.165, 1.54) is 12.1 Å². The van der Waals surface area contributed by atoms with E-state index in [9.17, 15) is 13.2 Å². The molecule has 34 heavy (non-hydrogen) atoms. The Kier molecular flexibility index (Phi) is 8.28. The molecule has 182 valence electrons. The summed E-state index contributed by atoms with van der Waals surface area (Å²) in [6.07, 6.45) is 1.85. The second kappa shape index (κ2) is 10.8. The first-order chi connectivity index (χ1) is 16.0. The van der Waals surface area contributed by atoms with Gasteiger partial charge in [-0.25, -0.2) is 13.1 Å². The van der Waals surface area contributed by atoms with Gasteiger partial charge in [-0.05, 0) is 78.0 Å². The third-order valence-electron chi connectivity index (χ3n) is 5.60. The first-order valence-corrected chi connectivity index (χ1v) is 13.7. The van der Waals surface area contributed by atoms with Crippen molar-refractivity contribution in [3.05, 3.63) is 70.4 Å². The van der Waals surface area contributed by atoms with Crippen molar-refractivity contribution in [1.29, 1.82) is 0 Å². The van der Waals surface area contributed by atoms with E-state index in [-0.39, 0.29) is 23.2 Å². The van der Waals surface area contributed by atoms with Crippen molar-refractivity contribution < 1.29 is 13.2 Å². The first-order valence-electron chi connectivity index (χ1n) is 11.3. The quantitative estimate of drug-likeness (QED) is 0.440. The van der Waals surface area contributed by atoms with Gasteiger partial charge >= 0.3 is 0 Å². The standard InChI is InChI=1S/C26H33N3O3S2/c1-17(2)22-11-20(25-14-27-16-33-25)12-23(18(3)4)24(22)13-26(30)28-34(31,32)21-9-7-19(8-10-21)15-29(5)6/h7-12,14,16-18H,13,15H2,1-6H3,(H,28,30). The molecule has 0 fully saturated rings. The monoisotopic (exact) mass is 499 g/mol. The lowest BCUT2D eigenvalue weighted by Crippen LogP contribution is -2.32. The third-order valence-corrected chi connectivity index (χ3v) is 7.81. The van der Waals surface area contributed by atoms with Gasteiger partial charge in [-0.1, -0.05) is 39.8 Å². The van der Waals surface area contributed by atoms with Crippen molar-refractivity contribution in [2.45, 2.75) is 57.4 Å². The van der Waals surface area contributed by atoms with Crippen LogP contribution in [0, 0.1) is 0 Å². The number of nitrogens with one attached hydrogen (secondary N) is 1. The van der Waals surface area contributed by atoms with Gasteiger partial charge in [0.2, 0.25) is 5.91 Å². The molecule has 0 radical (unpaired) electrons. The minimum atomic E-state index is -3.95. The number of thiazole rings is 1. The summed E-state index contributed by atoms with van der Waals surface area (Å²) in [5, 5.41) is 0. The molecule has 8 heteroatoms. The first kappa shape index (κ1) is 26.1. The number of hydrogen-bond acceptors (Lipinski definition) is 6. The van der Waals surface area contributed by atoms with Crippen LogP contribution in [0.25, 0.3) is 10.4 Å². The number of carbonyl (C=O) groups is 1. The highest BCUT2D eigenvalue weighted by molar-refractivity contribution is 7.90. The van der Waals surface area contributed by atoms with E-state index >= 15 is 0 Å². The fraction of sp³-hybridized carbons (Fsp3) is 0.385. The summed E-state index contributed by atoms with van der Waals surface area (Å²) in [5.41, 5.74) is 6.88. The largest absolute Gasteiger partial charge is 0.305 e. The molecule has 2 aromatic carbocycles. The minimum absolute atomic E-state index is 0.00192. The Morgan fingerprint density at radius 3 is 2.09 bits per heavy atom. The number of aromatic nitrogens is 1. The molecule has 0 aliphatic rings. The van der Waals surface area contributed by atoms with Crippen LogP contribution in [0.5, 0.6) is 0 Å². The molecule has 0 aliphatic carbocycles. The van der Waals surface area contributed by atoms with Crippen LogP contribution in [0.2, 0.25) is 0 Å². The van der Waals surface area contributed by atoms with E-state index in [4.69, 9.17) is 0 Å². The highest BCUT2D eigenvalue weighted by Crippen LogP contribution is 2.35. The highest BCUT2D eigenvalue weighted by atomic mass is 32.2. The molecule has 1 aromatic heterocycles. The zero-order valence-electron chi connectivity index (χ0n) is 20.6. The number of sulfonamides is 1. The maximum Gasteiger partial charge on any atom is 0.264 e. The van der Waals surface area contributed by atoms with Crippen molar-refractivity contribution in [3.63, 3.8) is 0 Å². The second-order valence-electron chi connectivity index (χ2n) is 9.40. The molecule has 0 saturated carbocycles. The van der Waals surface area contributed by atoms with E-state index in [2.05, 4.69) is 49.5 Å². The summed E-state index contributed by atoms with van der Waals surface area (Å²) < 4.78 is 28.0. The number of carbonyl (C=O) groups excluding carboxylic acids is 1. The van der Waals surface area contributed by atoms with E-state index in [1.54, 1.807) is 29.0 Å². The van der Waals surface area contributed by atoms with Gasteiger partial charge in [-0.3, -0.25) is 9.78 Å².